The average molecular weight is 260 g/mol. The fourth-order valence-corrected chi connectivity index (χ4v) is 1.42. The minimum atomic E-state index is -0.345. The number of carbonyl (C=O) groups is 1. The van der Waals surface area contributed by atoms with Crippen LogP contribution in [0.3, 0.4) is 0 Å². The molecule has 0 aliphatic rings. The standard InChI is InChI=1S/C13H16N4O2/c1-3-9(2)14-11-6-7-12(17-16-11)15-13(18)10-5-4-8-19-10/h4-9H,3H2,1-2H3,(H,14,16)(H,15,17,18). The fourth-order valence-electron chi connectivity index (χ4n) is 1.42. The summed E-state index contributed by atoms with van der Waals surface area (Å²) < 4.78 is 4.99. The molecule has 0 radical (unpaired) electrons. The molecular formula is C13H16N4O2. The molecule has 19 heavy (non-hydrogen) atoms. The van der Waals surface area contributed by atoms with Crippen molar-refractivity contribution in [2.75, 3.05) is 10.6 Å². The van der Waals surface area contributed by atoms with E-state index >= 15 is 0 Å². The summed E-state index contributed by atoms with van der Waals surface area (Å²) in [7, 11) is 0. The third-order valence-corrected chi connectivity index (χ3v) is 2.66. The number of furan rings is 1. The lowest BCUT2D eigenvalue weighted by molar-refractivity contribution is 0.0996. The van der Waals surface area contributed by atoms with Gasteiger partial charge in [0.1, 0.15) is 5.82 Å². The topological polar surface area (TPSA) is 80.0 Å². The minimum Gasteiger partial charge on any atom is -0.459 e. The molecule has 0 bridgehead atoms. The van der Waals surface area contributed by atoms with Crippen LogP contribution in [0.15, 0.2) is 34.9 Å². The van der Waals surface area contributed by atoms with Crippen LogP contribution in [-0.2, 0) is 0 Å². The van der Waals surface area contributed by atoms with Gasteiger partial charge in [-0.1, -0.05) is 6.92 Å². The number of hydrogen-bond acceptors (Lipinski definition) is 5. The Hall–Kier alpha value is -2.37. The molecule has 2 aromatic rings. The molecule has 2 rings (SSSR count). The number of rotatable bonds is 5. The van der Waals surface area contributed by atoms with Gasteiger partial charge >= 0.3 is 0 Å². The Balaban J connectivity index is 1.97. The van der Waals surface area contributed by atoms with Gasteiger partial charge in [0.25, 0.3) is 5.91 Å². The first-order chi connectivity index (χ1) is 9.19. The van der Waals surface area contributed by atoms with Gasteiger partial charge in [-0.25, -0.2) is 0 Å². The second-order valence-electron chi connectivity index (χ2n) is 4.19. The SMILES string of the molecule is CCC(C)Nc1ccc(NC(=O)c2ccco2)nn1. The van der Waals surface area contributed by atoms with Crippen molar-refractivity contribution in [1.29, 1.82) is 0 Å². The van der Waals surface area contributed by atoms with Crippen molar-refractivity contribution in [2.24, 2.45) is 0 Å². The smallest absolute Gasteiger partial charge is 0.292 e. The highest BCUT2D eigenvalue weighted by molar-refractivity contribution is 6.01. The number of hydrogen-bond donors (Lipinski definition) is 2. The van der Waals surface area contributed by atoms with Crippen molar-refractivity contribution in [3.05, 3.63) is 36.3 Å². The maximum Gasteiger partial charge on any atom is 0.292 e. The third kappa shape index (κ3) is 3.54. The number of nitrogens with one attached hydrogen (secondary N) is 2. The molecule has 0 saturated heterocycles. The van der Waals surface area contributed by atoms with E-state index in [1.165, 1.54) is 6.26 Å². The fraction of sp³-hybridized carbons (Fsp3) is 0.308. The maximum atomic E-state index is 11.7. The van der Waals surface area contributed by atoms with Gasteiger partial charge in [0.15, 0.2) is 11.6 Å². The van der Waals surface area contributed by atoms with Gasteiger partial charge in [0, 0.05) is 6.04 Å². The highest BCUT2D eigenvalue weighted by Crippen LogP contribution is 2.10. The van der Waals surface area contributed by atoms with E-state index in [1.54, 1.807) is 24.3 Å². The average Bonchev–Trinajstić information content (AvgIpc) is 2.95. The first-order valence-corrected chi connectivity index (χ1v) is 6.14. The Morgan fingerprint density at radius 3 is 2.63 bits per heavy atom. The van der Waals surface area contributed by atoms with Crippen LogP contribution in [0.4, 0.5) is 11.6 Å². The number of anilines is 2. The van der Waals surface area contributed by atoms with E-state index in [1.807, 2.05) is 0 Å². The normalized spacial score (nSPS) is 11.9. The first-order valence-electron chi connectivity index (χ1n) is 6.14. The van der Waals surface area contributed by atoms with Crippen molar-refractivity contribution in [1.82, 2.24) is 10.2 Å². The van der Waals surface area contributed by atoms with Gasteiger partial charge in [-0.15, -0.1) is 10.2 Å². The zero-order valence-electron chi connectivity index (χ0n) is 10.9. The predicted molar refractivity (Wildman–Crippen MR) is 72.1 cm³/mol. The van der Waals surface area contributed by atoms with Gasteiger partial charge in [-0.2, -0.15) is 0 Å². The number of aromatic nitrogens is 2. The molecule has 2 heterocycles. The number of nitrogens with zero attached hydrogens (tertiary/aromatic N) is 2. The van der Waals surface area contributed by atoms with E-state index in [9.17, 15) is 4.79 Å². The molecule has 2 aromatic heterocycles. The lowest BCUT2D eigenvalue weighted by Crippen LogP contribution is -2.16. The molecule has 1 unspecified atom stereocenters. The highest BCUT2D eigenvalue weighted by Gasteiger charge is 2.09. The van der Waals surface area contributed by atoms with E-state index in [0.29, 0.717) is 17.7 Å². The largest absolute Gasteiger partial charge is 0.459 e. The van der Waals surface area contributed by atoms with Crippen LogP contribution < -0.4 is 10.6 Å². The molecule has 0 aliphatic carbocycles. The highest BCUT2D eigenvalue weighted by atomic mass is 16.3. The van der Waals surface area contributed by atoms with Crippen LogP contribution in [0, 0.1) is 0 Å². The lowest BCUT2D eigenvalue weighted by Gasteiger charge is -2.11. The molecule has 6 nitrogen and oxygen atoms in total. The van der Waals surface area contributed by atoms with E-state index in [4.69, 9.17) is 4.42 Å². The quantitative estimate of drug-likeness (QED) is 0.863. The van der Waals surface area contributed by atoms with Crippen molar-refractivity contribution >= 4 is 17.5 Å². The van der Waals surface area contributed by atoms with Crippen molar-refractivity contribution < 1.29 is 9.21 Å². The molecule has 0 saturated carbocycles. The zero-order valence-corrected chi connectivity index (χ0v) is 10.9. The lowest BCUT2D eigenvalue weighted by atomic mass is 10.2. The molecule has 0 aliphatic heterocycles. The molecule has 0 aromatic carbocycles. The molecule has 0 spiro atoms. The van der Waals surface area contributed by atoms with E-state index < -0.39 is 0 Å². The van der Waals surface area contributed by atoms with E-state index in [-0.39, 0.29) is 11.7 Å². The minimum absolute atomic E-state index is 0.239. The van der Waals surface area contributed by atoms with Crippen LogP contribution in [0.25, 0.3) is 0 Å². The summed E-state index contributed by atoms with van der Waals surface area (Å²) in [5.74, 6) is 0.965. The molecule has 100 valence electrons. The molecule has 2 N–H and O–H groups in total. The molecular weight excluding hydrogens is 244 g/mol. The summed E-state index contributed by atoms with van der Waals surface area (Å²) in [6, 6.07) is 7.04. The van der Waals surface area contributed by atoms with Gasteiger partial charge in [0.05, 0.1) is 6.26 Å². The molecule has 1 amide bonds. The van der Waals surface area contributed by atoms with E-state index in [2.05, 4.69) is 34.7 Å². The Bertz CT molecular complexity index is 522. The summed E-state index contributed by atoms with van der Waals surface area (Å²) in [4.78, 5) is 11.7. The van der Waals surface area contributed by atoms with E-state index in [0.717, 1.165) is 6.42 Å². The van der Waals surface area contributed by atoms with Crippen LogP contribution in [0.1, 0.15) is 30.8 Å². The third-order valence-electron chi connectivity index (χ3n) is 2.66. The number of amides is 1. The summed E-state index contributed by atoms with van der Waals surface area (Å²) in [5.41, 5.74) is 0. The molecule has 6 heteroatoms. The molecule has 0 fully saturated rings. The van der Waals surface area contributed by atoms with Crippen molar-refractivity contribution in [3.63, 3.8) is 0 Å². The zero-order chi connectivity index (χ0) is 13.7. The maximum absolute atomic E-state index is 11.7. The van der Waals surface area contributed by atoms with Crippen LogP contribution in [-0.4, -0.2) is 22.1 Å². The van der Waals surface area contributed by atoms with Crippen molar-refractivity contribution in [3.8, 4) is 0 Å². The number of carbonyl (C=O) groups excluding carboxylic acids is 1. The van der Waals surface area contributed by atoms with Crippen LogP contribution in [0.2, 0.25) is 0 Å². The first kappa shape index (κ1) is 13.1. The summed E-state index contributed by atoms with van der Waals surface area (Å²) in [6.07, 6.45) is 2.44. The van der Waals surface area contributed by atoms with Gasteiger partial charge in [-0.3, -0.25) is 4.79 Å². The Morgan fingerprint density at radius 1 is 1.32 bits per heavy atom. The Morgan fingerprint density at radius 2 is 2.05 bits per heavy atom. The summed E-state index contributed by atoms with van der Waals surface area (Å²) in [5, 5.41) is 13.7. The Kier molecular flexibility index (Phi) is 4.12. The van der Waals surface area contributed by atoms with Crippen LogP contribution in [0.5, 0.6) is 0 Å². The van der Waals surface area contributed by atoms with Gasteiger partial charge in [-0.05, 0) is 37.6 Å². The summed E-state index contributed by atoms with van der Waals surface area (Å²) in [6.45, 7) is 4.15. The van der Waals surface area contributed by atoms with Gasteiger partial charge in [0.2, 0.25) is 0 Å². The van der Waals surface area contributed by atoms with Gasteiger partial charge < -0.3 is 15.1 Å². The Labute approximate surface area is 111 Å². The summed E-state index contributed by atoms with van der Waals surface area (Å²) >= 11 is 0. The van der Waals surface area contributed by atoms with Crippen LogP contribution >= 0.6 is 0 Å². The second-order valence-corrected chi connectivity index (χ2v) is 4.19. The predicted octanol–water partition coefficient (Wildman–Crippen LogP) is 2.53. The molecule has 1 atom stereocenters. The second kappa shape index (κ2) is 5.99. The monoisotopic (exact) mass is 260 g/mol. The van der Waals surface area contributed by atoms with Crippen molar-refractivity contribution in [2.45, 2.75) is 26.3 Å².